The zero-order chi connectivity index (χ0) is 20.1. The van der Waals surface area contributed by atoms with Crippen LogP contribution >= 0.6 is 0 Å². The highest BCUT2D eigenvalue weighted by molar-refractivity contribution is 5.95. The molecule has 3 rings (SSSR count). The Morgan fingerprint density at radius 3 is 2.71 bits per heavy atom. The lowest BCUT2D eigenvalue weighted by atomic mass is 10.2. The monoisotopic (exact) mass is 378 g/mol. The van der Waals surface area contributed by atoms with Gasteiger partial charge in [0, 0.05) is 11.5 Å². The fraction of sp³-hybridized carbons (Fsp3) is 0.105. The second-order valence-electron chi connectivity index (χ2n) is 5.59. The molecular formula is C19H14N4O5. The number of hydrogen-bond acceptors (Lipinski definition) is 6. The van der Waals surface area contributed by atoms with Crippen LogP contribution in [0.1, 0.15) is 0 Å². The summed E-state index contributed by atoms with van der Waals surface area (Å²) in [5.74, 6) is 1.40. The van der Waals surface area contributed by atoms with Crippen LogP contribution in [0.3, 0.4) is 0 Å². The molecule has 0 atom stereocenters. The first-order valence-corrected chi connectivity index (χ1v) is 8.07. The minimum atomic E-state index is -0.772. The standard InChI is InChI=1S/C19H14N4O5/c1-2-11-22-14-8-4-3-7-13(14)18(19(22)25)21-20-17(24)12-28-16-10-6-5-9-15(16)23(26)27/h1,3-10,25H,11-12H2. The highest BCUT2D eigenvalue weighted by Crippen LogP contribution is 2.38. The van der Waals surface area contributed by atoms with E-state index in [9.17, 15) is 20.0 Å². The molecule has 0 aliphatic rings. The summed E-state index contributed by atoms with van der Waals surface area (Å²) in [4.78, 5) is 22.3. The first-order chi connectivity index (χ1) is 13.5. The van der Waals surface area contributed by atoms with Crippen LogP contribution < -0.4 is 4.74 Å². The Labute approximate surface area is 159 Å². The van der Waals surface area contributed by atoms with Gasteiger partial charge in [0.25, 0.3) is 0 Å². The Bertz CT molecular complexity index is 1130. The van der Waals surface area contributed by atoms with E-state index in [1.54, 1.807) is 30.3 Å². The normalized spacial score (nSPS) is 10.8. The number of para-hydroxylation sites is 3. The van der Waals surface area contributed by atoms with Crippen molar-refractivity contribution in [2.24, 2.45) is 10.2 Å². The second kappa shape index (κ2) is 8.01. The highest BCUT2D eigenvalue weighted by atomic mass is 16.6. The van der Waals surface area contributed by atoms with Crippen LogP contribution in [0.5, 0.6) is 11.6 Å². The van der Waals surface area contributed by atoms with Gasteiger partial charge in [0.2, 0.25) is 5.88 Å². The average molecular weight is 378 g/mol. The van der Waals surface area contributed by atoms with Gasteiger partial charge in [0.1, 0.15) is 0 Å². The van der Waals surface area contributed by atoms with Gasteiger partial charge in [0.15, 0.2) is 18.0 Å². The van der Waals surface area contributed by atoms with Gasteiger partial charge in [-0.25, -0.2) is 0 Å². The van der Waals surface area contributed by atoms with E-state index in [1.165, 1.54) is 22.8 Å². The maximum atomic E-state index is 12.0. The van der Waals surface area contributed by atoms with Gasteiger partial charge >= 0.3 is 11.6 Å². The molecule has 0 aliphatic heterocycles. The second-order valence-corrected chi connectivity index (χ2v) is 5.59. The minimum absolute atomic E-state index is 0.0514. The van der Waals surface area contributed by atoms with Gasteiger partial charge in [-0.3, -0.25) is 19.5 Å². The van der Waals surface area contributed by atoms with Gasteiger partial charge in [-0.05, 0) is 12.1 Å². The number of rotatable bonds is 6. The summed E-state index contributed by atoms with van der Waals surface area (Å²) >= 11 is 0. The Balaban J connectivity index is 1.80. The summed E-state index contributed by atoms with van der Waals surface area (Å²) in [7, 11) is 0. The fourth-order valence-corrected chi connectivity index (χ4v) is 2.63. The summed E-state index contributed by atoms with van der Waals surface area (Å²) in [6, 6.07) is 12.7. The van der Waals surface area contributed by atoms with Crippen molar-refractivity contribution in [1.29, 1.82) is 0 Å². The van der Waals surface area contributed by atoms with E-state index in [0.29, 0.717) is 10.9 Å². The molecule has 9 nitrogen and oxygen atoms in total. The number of carbonyl (C=O) groups excluding carboxylic acids is 1. The molecule has 0 saturated heterocycles. The first-order valence-electron chi connectivity index (χ1n) is 8.07. The molecule has 1 N–H and O–H groups in total. The lowest BCUT2D eigenvalue weighted by molar-refractivity contribution is -0.385. The van der Waals surface area contributed by atoms with Crippen LogP contribution in [0.15, 0.2) is 58.8 Å². The minimum Gasteiger partial charge on any atom is -0.493 e. The van der Waals surface area contributed by atoms with E-state index >= 15 is 0 Å². The summed E-state index contributed by atoms with van der Waals surface area (Å²) in [6.07, 6.45) is 5.33. The highest BCUT2D eigenvalue weighted by Gasteiger charge is 2.17. The molecule has 1 heterocycles. The summed E-state index contributed by atoms with van der Waals surface area (Å²) < 4.78 is 6.64. The van der Waals surface area contributed by atoms with Crippen molar-refractivity contribution < 1.29 is 19.6 Å². The first kappa shape index (κ1) is 18.6. The summed E-state index contributed by atoms with van der Waals surface area (Å²) in [6.45, 7) is -0.422. The number of carbonyl (C=O) groups is 1. The van der Waals surface area contributed by atoms with E-state index in [-0.39, 0.29) is 29.5 Å². The molecule has 140 valence electrons. The molecule has 0 fully saturated rings. The molecule has 0 aliphatic carbocycles. The summed E-state index contributed by atoms with van der Waals surface area (Å²) in [5, 5.41) is 29.2. The quantitative estimate of drug-likeness (QED) is 0.304. The van der Waals surface area contributed by atoms with Crippen LogP contribution in [-0.2, 0) is 11.3 Å². The van der Waals surface area contributed by atoms with Gasteiger partial charge in [-0.15, -0.1) is 16.7 Å². The number of fused-ring (bicyclic) bond motifs is 1. The van der Waals surface area contributed by atoms with Crippen molar-refractivity contribution >= 4 is 28.2 Å². The number of amides is 1. The molecule has 1 aromatic heterocycles. The van der Waals surface area contributed by atoms with Gasteiger partial charge in [0.05, 0.1) is 17.0 Å². The predicted molar refractivity (Wildman–Crippen MR) is 101 cm³/mol. The molecule has 3 aromatic rings. The topological polar surface area (TPSA) is 119 Å². The molecule has 9 heteroatoms. The molecular weight excluding hydrogens is 364 g/mol. The Morgan fingerprint density at radius 2 is 1.96 bits per heavy atom. The zero-order valence-electron chi connectivity index (χ0n) is 14.5. The third kappa shape index (κ3) is 3.66. The molecule has 2 aromatic carbocycles. The molecule has 1 amide bonds. The Kier molecular flexibility index (Phi) is 5.32. The third-order valence-corrected chi connectivity index (χ3v) is 3.84. The van der Waals surface area contributed by atoms with Crippen molar-refractivity contribution in [1.82, 2.24) is 4.57 Å². The SMILES string of the molecule is C#CCn1c(O)c(N=NC(=O)COc2ccccc2[N+](=O)[O-])c2ccccc21. The van der Waals surface area contributed by atoms with E-state index in [1.807, 2.05) is 0 Å². The van der Waals surface area contributed by atoms with Crippen LogP contribution in [-0.4, -0.2) is 27.1 Å². The smallest absolute Gasteiger partial charge is 0.310 e. The van der Waals surface area contributed by atoms with Crippen molar-refractivity contribution in [3.63, 3.8) is 0 Å². The predicted octanol–water partition coefficient (Wildman–Crippen LogP) is 3.58. The van der Waals surface area contributed by atoms with Crippen LogP contribution in [0.25, 0.3) is 10.9 Å². The molecule has 0 radical (unpaired) electrons. The molecule has 0 saturated carbocycles. The lowest BCUT2D eigenvalue weighted by Gasteiger charge is -2.03. The van der Waals surface area contributed by atoms with Crippen molar-refractivity contribution in [3.8, 4) is 24.0 Å². The number of ether oxygens (including phenoxy) is 1. The van der Waals surface area contributed by atoms with Gasteiger partial charge < -0.3 is 9.84 Å². The van der Waals surface area contributed by atoms with Gasteiger partial charge in [-0.2, -0.15) is 0 Å². The van der Waals surface area contributed by atoms with Crippen molar-refractivity contribution in [2.75, 3.05) is 6.61 Å². The van der Waals surface area contributed by atoms with E-state index in [0.717, 1.165) is 0 Å². The number of aromatic hydroxyl groups is 1. The number of benzene rings is 2. The number of azo groups is 1. The maximum Gasteiger partial charge on any atom is 0.310 e. The maximum absolute atomic E-state index is 12.0. The zero-order valence-corrected chi connectivity index (χ0v) is 14.5. The van der Waals surface area contributed by atoms with E-state index in [2.05, 4.69) is 16.1 Å². The van der Waals surface area contributed by atoms with E-state index < -0.39 is 17.4 Å². The Hall–Kier alpha value is -4.19. The van der Waals surface area contributed by atoms with Crippen LogP contribution in [0.2, 0.25) is 0 Å². The van der Waals surface area contributed by atoms with Gasteiger partial charge in [-0.1, -0.05) is 36.3 Å². The number of nitro groups is 1. The average Bonchev–Trinajstić information content (AvgIpc) is 2.96. The third-order valence-electron chi connectivity index (χ3n) is 3.84. The molecule has 0 spiro atoms. The fourth-order valence-electron chi connectivity index (χ4n) is 2.63. The molecule has 0 unspecified atom stereocenters. The van der Waals surface area contributed by atoms with Crippen LogP contribution in [0, 0.1) is 22.5 Å². The van der Waals surface area contributed by atoms with E-state index in [4.69, 9.17) is 11.2 Å². The number of hydrogen-bond donors (Lipinski definition) is 1. The van der Waals surface area contributed by atoms with Crippen LogP contribution in [0.4, 0.5) is 11.4 Å². The number of nitro benzene ring substituents is 1. The molecule has 28 heavy (non-hydrogen) atoms. The van der Waals surface area contributed by atoms with Crippen molar-refractivity contribution in [2.45, 2.75) is 6.54 Å². The molecule has 0 bridgehead atoms. The number of aromatic nitrogens is 1. The summed E-state index contributed by atoms with van der Waals surface area (Å²) in [5.41, 5.74) is 0.489. The number of nitrogens with zero attached hydrogens (tertiary/aromatic N) is 4. The lowest BCUT2D eigenvalue weighted by Crippen LogP contribution is -2.09. The largest absolute Gasteiger partial charge is 0.493 e. The van der Waals surface area contributed by atoms with Crippen molar-refractivity contribution in [3.05, 3.63) is 58.6 Å². The Morgan fingerprint density at radius 1 is 1.25 bits per heavy atom. The number of terminal acetylenes is 1.